The number of nitriles is 1. The van der Waals surface area contributed by atoms with Gasteiger partial charge in [-0.3, -0.25) is 9.59 Å². The van der Waals surface area contributed by atoms with Gasteiger partial charge in [0.1, 0.15) is 11.1 Å². The van der Waals surface area contributed by atoms with Crippen molar-refractivity contribution < 1.29 is 14.3 Å². The largest absolute Gasteiger partial charge is 0.466 e. The second kappa shape index (κ2) is 11.6. The van der Waals surface area contributed by atoms with Crippen LogP contribution in [0.4, 0.5) is 5.00 Å². The van der Waals surface area contributed by atoms with Gasteiger partial charge in [-0.1, -0.05) is 30.3 Å². The van der Waals surface area contributed by atoms with E-state index in [0.29, 0.717) is 23.6 Å². The summed E-state index contributed by atoms with van der Waals surface area (Å²) in [7, 11) is 0. The van der Waals surface area contributed by atoms with Crippen LogP contribution in [-0.4, -0.2) is 23.6 Å². The lowest BCUT2D eigenvalue weighted by Gasteiger charge is -2.09. The number of amides is 1. The maximum Gasteiger partial charge on any atom is 0.305 e. The number of carbonyl (C=O) groups is 2. The van der Waals surface area contributed by atoms with E-state index in [4.69, 9.17) is 17.0 Å². The molecule has 8 heteroatoms. The summed E-state index contributed by atoms with van der Waals surface area (Å²) < 4.78 is 5.22. The first kappa shape index (κ1) is 22.9. The highest BCUT2D eigenvalue weighted by atomic mass is 32.1. The summed E-state index contributed by atoms with van der Waals surface area (Å²) >= 11 is 6.73. The summed E-state index contributed by atoms with van der Waals surface area (Å²) in [4.78, 5) is 25.1. The van der Waals surface area contributed by atoms with Crippen molar-refractivity contribution in [1.82, 2.24) is 5.32 Å². The van der Waals surface area contributed by atoms with Crippen molar-refractivity contribution in [3.63, 3.8) is 0 Å². The Labute approximate surface area is 191 Å². The number of fused-ring (bicyclic) bond motifs is 1. The molecule has 0 atom stereocenters. The lowest BCUT2D eigenvalue weighted by atomic mass is 10.1. The van der Waals surface area contributed by atoms with Gasteiger partial charge in [0.25, 0.3) is 0 Å². The average Bonchev–Trinajstić information content (AvgIpc) is 3.32. The lowest BCUT2D eigenvalue weighted by Crippen LogP contribution is -2.34. The topological polar surface area (TPSA) is 91.2 Å². The zero-order valence-corrected chi connectivity index (χ0v) is 18.9. The van der Waals surface area contributed by atoms with Gasteiger partial charge in [-0.25, -0.2) is 0 Å². The molecule has 0 fully saturated rings. The van der Waals surface area contributed by atoms with Crippen LogP contribution in [0.2, 0.25) is 0 Å². The number of benzene rings is 1. The van der Waals surface area contributed by atoms with Crippen LogP contribution in [0.5, 0.6) is 0 Å². The fourth-order valence-electron chi connectivity index (χ4n) is 3.51. The Bertz CT molecular complexity index is 980. The molecule has 0 unspecified atom stereocenters. The summed E-state index contributed by atoms with van der Waals surface area (Å²) in [5, 5.41) is 15.9. The van der Waals surface area contributed by atoms with Crippen LogP contribution >= 0.6 is 23.6 Å². The Morgan fingerprint density at radius 3 is 2.74 bits per heavy atom. The number of esters is 1. The van der Waals surface area contributed by atoms with Crippen LogP contribution in [0.1, 0.15) is 53.7 Å². The minimum absolute atomic E-state index is 0.171. The number of hydrogen-bond acceptors (Lipinski definition) is 6. The molecule has 0 radical (unpaired) electrons. The third-order valence-corrected chi connectivity index (χ3v) is 6.42. The molecule has 6 nitrogen and oxygen atoms in total. The minimum atomic E-state index is -0.298. The highest BCUT2D eigenvalue weighted by molar-refractivity contribution is 7.80. The van der Waals surface area contributed by atoms with Crippen LogP contribution in [0.25, 0.3) is 0 Å². The molecule has 1 heterocycles. The first-order chi connectivity index (χ1) is 15.1. The third-order valence-electron chi connectivity index (χ3n) is 5.01. The quantitative estimate of drug-likeness (QED) is 0.333. The van der Waals surface area contributed by atoms with E-state index < -0.39 is 0 Å². The van der Waals surface area contributed by atoms with Crippen LogP contribution in [0, 0.1) is 11.3 Å². The molecular weight excluding hydrogens is 430 g/mol. The first-order valence-electron chi connectivity index (χ1n) is 10.4. The van der Waals surface area contributed by atoms with Crippen molar-refractivity contribution >= 4 is 45.5 Å². The molecule has 0 spiro atoms. The molecule has 1 aliphatic rings. The van der Waals surface area contributed by atoms with Gasteiger partial charge in [0.2, 0.25) is 5.91 Å². The Hall–Kier alpha value is -2.76. The molecule has 1 amide bonds. The SMILES string of the molecule is N#Cc1c(NC(=S)NC(=O)CCCC(=O)OCCCc2ccccc2)sc2c1CCC2. The number of aryl methyl sites for hydroxylation is 2. The number of rotatable bonds is 9. The second-order valence-corrected chi connectivity index (χ2v) is 8.85. The molecule has 0 saturated carbocycles. The van der Waals surface area contributed by atoms with Gasteiger partial charge in [0.15, 0.2) is 5.11 Å². The van der Waals surface area contributed by atoms with E-state index in [2.05, 4.69) is 16.7 Å². The molecule has 2 aromatic rings. The van der Waals surface area contributed by atoms with E-state index in [9.17, 15) is 14.9 Å². The normalized spacial score (nSPS) is 12.0. The summed E-state index contributed by atoms with van der Waals surface area (Å²) in [5.74, 6) is -0.565. The zero-order chi connectivity index (χ0) is 22.1. The average molecular weight is 456 g/mol. The smallest absolute Gasteiger partial charge is 0.305 e. The zero-order valence-electron chi connectivity index (χ0n) is 17.2. The van der Waals surface area contributed by atoms with Gasteiger partial charge in [-0.2, -0.15) is 5.26 Å². The number of nitrogens with zero attached hydrogens (tertiary/aromatic N) is 1. The maximum absolute atomic E-state index is 12.1. The highest BCUT2D eigenvalue weighted by Gasteiger charge is 2.22. The standard InChI is InChI=1S/C23H25N3O3S2/c24-15-18-17-10-4-11-19(17)31-22(18)26-23(30)25-20(27)12-5-13-21(28)29-14-6-9-16-7-2-1-3-8-16/h1-3,7-8H,4-6,9-14H2,(H2,25,26,27,30). The number of hydrogen-bond donors (Lipinski definition) is 2. The van der Waals surface area contributed by atoms with Crippen molar-refractivity contribution in [2.45, 2.75) is 51.4 Å². The predicted octanol–water partition coefficient (Wildman–Crippen LogP) is 4.27. The lowest BCUT2D eigenvalue weighted by molar-refractivity contribution is -0.143. The minimum Gasteiger partial charge on any atom is -0.466 e. The Morgan fingerprint density at radius 1 is 1.16 bits per heavy atom. The Kier molecular flexibility index (Phi) is 8.56. The molecule has 1 aliphatic carbocycles. The van der Waals surface area contributed by atoms with E-state index >= 15 is 0 Å². The maximum atomic E-state index is 12.1. The molecular formula is C23H25N3O3S2. The van der Waals surface area contributed by atoms with Gasteiger partial charge < -0.3 is 15.4 Å². The summed E-state index contributed by atoms with van der Waals surface area (Å²) in [6.45, 7) is 0.375. The van der Waals surface area contributed by atoms with Crippen molar-refractivity contribution in [1.29, 1.82) is 5.26 Å². The van der Waals surface area contributed by atoms with Crippen LogP contribution in [-0.2, 0) is 33.6 Å². The predicted molar refractivity (Wildman–Crippen MR) is 125 cm³/mol. The fraction of sp³-hybridized carbons (Fsp3) is 0.391. The molecule has 0 aliphatic heterocycles. The van der Waals surface area contributed by atoms with E-state index in [1.165, 1.54) is 21.8 Å². The molecule has 31 heavy (non-hydrogen) atoms. The monoisotopic (exact) mass is 455 g/mol. The van der Waals surface area contributed by atoms with Gasteiger partial charge in [0.05, 0.1) is 12.2 Å². The molecule has 3 rings (SSSR count). The van der Waals surface area contributed by atoms with Crippen molar-refractivity contribution in [3.05, 3.63) is 51.9 Å². The number of thiocarbonyl (C=S) groups is 1. The van der Waals surface area contributed by atoms with E-state index in [0.717, 1.165) is 37.7 Å². The number of nitrogens with one attached hydrogen (secondary N) is 2. The second-order valence-electron chi connectivity index (χ2n) is 7.34. The van der Waals surface area contributed by atoms with Crippen LogP contribution < -0.4 is 10.6 Å². The van der Waals surface area contributed by atoms with Gasteiger partial charge in [0, 0.05) is 17.7 Å². The summed E-state index contributed by atoms with van der Waals surface area (Å²) in [5.41, 5.74) is 2.95. The highest BCUT2D eigenvalue weighted by Crippen LogP contribution is 2.38. The fourth-order valence-corrected chi connectivity index (χ4v) is 5.03. The molecule has 0 saturated heterocycles. The first-order valence-corrected chi connectivity index (χ1v) is 11.6. The molecule has 1 aromatic heterocycles. The Balaban J connectivity index is 1.30. The van der Waals surface area contributed by atoms with Crippen molar-refractivity contribution in [2.75, 3.05) is 11.9 Å². The summed E-state index contributed by atoms with van der Waals surface area (Å²) in [6.07, 6.45) is 5.36. The summed E-state index contributed by atoms with van der Waals surface area (Å²) in [6, 6.07) is 12.3. The van der Waals surface area contributed by atoms with Crippen LogP contribution in [0.3, 0.4) is 0 Å². The van der Waals surface area contributed by atoms with Crippen molar-refractivity contribution in [3.8, 4) is 6.07 Å². The Morgan fingerprint density at radius 2 is 1.97 bits per heavy atom. The van der Waals surface area contributed by atoms with Gasteiger partial charge in [-0.15, -0.1) is 11.3 Å². The number of thiophene rings is 1. The van der Waals surface area contributed by atoms with Crippen molar-refractivity contribution in [2.24, 2.45) is 0 Å². The molecule has 0 bridgehead atoms. The number of carbonyl (C=O) groups excluding carboxylic acids is 2. The number of anilines is 1. The van der Waals surface area contributed by atoms with E-state index in [1.54, 1.807) is 0 Å². The van der Waals surface area contributed by atoms with Gasteiger partial charge >= 0.3 is 5.97 Å². The van der Waals surface area contributed by atoms with E-state index in [1.807, 2.05) is 30.3 Å². The van der Waals surface area contributed by atoms with Gasteiger partial charge in [-0.05, 0) is 61.9 Å². The molecule has 2 N–H and O–H groups in total. The number of ether oxygens (including phenoxy) is 1. The molecule has 162 valence electrons. The molecule has 1 aromatic carbocycles. The third kappa shape index (κ3) is 6.88. The van der Waals surface area contributed by atoms with E-state index in [-0.39, 0.29) is 29.8 Å². The van der Waals surface area contributed by atoms with Crippen LogP contribution in [0.15, 0.2) is 30.3 Å².